The number of aliphatic carboxylic acids is 1. The van der Waals surface area contributed by atoms with Crippen LogP contribution in [0.15, 0.2) is 10.9 Å². The molecule has 2 atom stereocenters. The second kappa shape index (κ2) is 5.65. The van der Waals surface area contributed by atoms with E-state index in [2.05, 4.69) is 15.5 Å². The number of aliphatic hydroxyl groups is 1. The number of likely N-dealkylation sites (tertiary alicyclic amines) is 1. The van der Waals surface area contributed by atoms with Crippen LogP contribution in [0.2, 0.25) is 0 Å². The number of carbonyl (C=O) groups excluding carboxylic acids is 1. The third-order valence-corrected chi connectivity index (χ3v) is 2.85. The average Bonchev–Trinajstić information content (AvgIpc) is 2.98. The molecule has 1 aromatic heterocycles. The normalized spacial score (nSPS) is 22.5. The van der Waals surface area contributed by atoms with Crippen molar-refractivity contribution < 1.29 is 24.3 Å². The molecule has 0 saturated carbocycles. The highest BCUT2D eigenvalue weighted by Crippen LogP contribution is 2.17. The zero-order valence-electron chi connectivity index (χ0n) is 10.0. The third-order valence-electron chi connectivity index (χ3n) is 2.85. The van der Waals surface area contributed by atoms with Gasteiger partial charge in [0.15, 0.2) is 6.33 Å². The summed E-state index contributed by atoms with van der Waals surface area (Å²) < 4.78 is 4.76. The number of nitrogens with zero attached hydrogens (tertiary/aromatic N) is 3. The fraction of sp³-hybridized carbons (Fsp3) is 0.600. The molecule has 1 aliphatic rings. The fourth-order valence-electron chi connectivity index (χ4n) is 1.96. The summed E-state index contributed by atoms with van der Waals surface area (Å²) in [7, 11) is 0. The van der Waals surface area contributed by atoms with Crippen LogP contribution in [0.25, 0.3) is 0 Å². The SMILES string of the molecule is O=C(O)[C@@H]1CC(O)CN1C(=O)NCCc1ncno1. The predicted octanol–water partition coefficient (Wildman–Crippen LogP) is -1.16. The number of hydrogen-bond donors (Lipinski definition) is 3. The van der Waals surface area contributed by atoms with Gasteiger partial charge in [-0.15, -0.1) is 0 Å². The Kier molecular flexibility index (Phi) is 3.95. The predicted molar refractivity (Wildman–Crippen MR) is 60.2 cm³/mol. The lowest BCUT2D eigenvalue weighted by molar-refractivity contribution is -0.141. The molecule has 0 bridgehead atoms. The van der Waals surface area contributed by atoms with Crippen molar-refractivity contribution in [1.82, 2.24) is 20.4 Å². The van der Waals surface area contributed by atoms with E-state index in [1.165, 1.54) is 6.33 Å². The first-order valence-corrected chi connectivity index (χ1v) is 5.79. The molecule has 1 aromatic rings. The van der Waals surface area contributed by atoms with Gasteiger partial charge >= 0.3 is 12.0 Å². The van der Waals surface area contributed by atoms with E-state index >= 15 is 0 Å². The molecule has 104 valence electrons. The number of aromatic nitrogens is 2. The van der Waals surface area contributed by atoms with Crippen LogP contribution in [0, 0.1) is 0 Å². The summed E-state index contributed by atoms with van der Waals surface area (Å²) in [6, 6.07) is -1.51. The van der Waals surface area contributed by atoms with Gasteiger partial charge < -0.3 is 25.0 Å². The molecule has 2 rings (SSSR count). The van der Waals surface area contributed by atoms with Crippen LogP contribution in [0.1, 0.15) is 12.3 Å². The van der Waals surface area contributed by atoms with Crippen molar-refractivity contribution in [2.75, 3.05) is 13.1 Å². The topological polar surface area (TPSA) is 129 Å². The van der Waals surface area contributed by atoms with E-state index < -0.39 is 24.1 Å². The maximum absolute atomic E-state index is 11.8. The van der Waals surface area contributed by atoms with Crippen LogP contribution in [0.4, 0.5) is 4.79 Å². The number of hydrogen-bond acceptors (Lipinski definition) is 6. The lowest BCUT2D eigenvalue weighted by Gasteiger charge is -2.21. The first-order chi connectivity index (χ1) is 9.08. The van der Waals surface area contributed by atoms with Crippen LogP contribution in [0.3, 0.4) is 0 Å². The van der Waals surface area contributed by atoms with Gasteiger partial charge in [-0.25, -0.2) is 9.59 Å². The molecule has 1 fully saturated rings. The van der Waals surface area contributed by atoms with Gasteiger partial charge in [-0.3, -0.25) is 0 Å². The second-order valence-electron chi connectivity index (χ2n) is 4.21. The highest BCUT2D eigenvalue weighted by Gasteiger charge is 2.38. The Morgan fingerprint density at radius 3 is 3.00 bits per heavy atom. The van der Waals surface area contributed by atoms with Gasteiger partial charge in [0.05, 0.1) is 6.10 Å². The quantitative estimate of drug-likeness (QED) is 0.629. The summed E-state index contributed by atoms with van der Waals surface area (Å²) in [5, 5.41) is 24.4. The Labute approximate surface area is 108 Å². The molecule has 0 spiro atoms. The van der Waals surface area contributed by atoms with Crippen molar-refractivity contribution in [3.63, 3.8) is 0 Å². The summed E-state index contributed by atoms with van der Waals surface area (Å²) in [5.41, 5.74) is 0. The minimum absolute atomic E-state index is 0.0172. The van der Waals surface area contributed by atoms with E-state index in [1.54, 1.807) is 0 Å². The largest absolute Gasteiger partial charge is 0.480 e. The molecule has 3 N–H and O–H groups in total. The molecule has 0 radical (unpaired) electrons. The highest BCUT2D eigenvalue weighted by atomic mass is 16.5. The molecule has 1 unspecified atom stereocenters. The smallest absolute Gasteiger partial charge is 0.326 e. The highest BCUT2D eigenvalue weighted by molar-refractivity contribution is 5.83. The minimum atomic E-state index is -1.12. The first-order valence-electron chi connectivity index (χ1n) is 5.79. The zero-order chi connectivity index (χ0) is 13.8. The molecule has 9 nitrogen and oxygen atoms in total. The molecule has 2 amide bonds. The number of carbonyl (C=O) groups is 2. The first kappa shape index (κ1) is 13.3. The molecule has 19 heavy (non-hydrogen) atoms. The van der Waals surface area contributed by atoms with Gasteiger partial charge in [0.2, 0.25) is 5.89 Å². The van der Waals surface area contributed by atoms with Crippen LogP contribution in [0.5, 0.6) is 0 Å². The van der Waals surface area contributed by atoms with Gasteiger partial charge in [-0.1, -0.05) is 5.16 Å². The molecule has 1 aliphatic heterocycles. The van der Waals surface area contributed by atoms with Crippen LogP contribution < -0.4 is 5.32 Å². The van der Waals surface area contributed by atoms with Crippen LogP contribution in [-0.2, 0) is 11.2 Å². The number of rotatable bonds is 4. The molecule has 2 heterocycles. The van der Waals surface area contributed by atoms with Crippen molar-refractivity contribution in [3.8, 4) is 0 Å². The van der Waals surface area contributed by atoms with E-state index in [9.17, 15) is 14.7 Å². The number of amides is 2. The van der Waals surface area contributed by atoms with Gasteiger partial charge in [0.1, 0.15) is 6.04 Å². The van der Waals surface area contributed by atoms with Crippen LogP contribution in [-0.4, -0.2) is 62.5 Å². The summed E-state index contributed by atoms with van der Waals surface area (Å²) in [6.45, 7) is 0.267. The summed E-state index contributed by atoms with van der Waals surface area (Å²) >= 11 is 0. The molecule has 0 aromatic carbocycles. The Morgan fingerprint density at radius 2 is 2.37 bits per heavy atom. The average molecular weight is 270 g/mol. The molecule has 1 saturated heterocycles. The van der Waals surface area contributed by atoms with Gasteiger partial charge in [0.25, 0.3) is 0 Å². The number of nitrogens with one attached hydrogen (secondary N) is 1. The number of urea groups is 1. The Balaban J connectivity index is 1.83. The molecule has 0 aliphatic carbocycles. The Bertz CT molecular complexity index is 449. The number of β-amino-alcohol motifs (C(OH)–C–C–N with tert-alkyl or cyclic N) is 1. The molecular formula is C10H14N4O5. The van der Waals surface area contributed by atoms with Gasteiger partial charge in [-0.05, 0) is 0 Å². The fourth-order valence-corrected chi connectivity index (χ4v) is 1.96. The van der Waals surface area contributed by atoms with E-state index in [1.807, 2.05) is 0 Å². The van der Waals surface area contributed by atoms with E-state index in [4.69, 9.17) is 9.63 Å². The van der Waals surface area contributed by atoms with Crippen molar-refractivity contribution in [3.05, 3.63) is 12.2 Å². The van der Waals surface area contributed by atoms with Crippen molar-refractivity contribution in [1.29, 1.82) is 0 Å². The number of carboxylic acid groups (broad SMARTS) is 1. The standard InChI is InChI=1S/C10H14N4O5/c15-6-3-7(9(16)17)14(4-6)10(18)11-2-1-8-12-5-13-19-8/h5-7,15H,1-4H2,(H,11,18)(H,16,17)/t6?,7-/m0/s1. The van der Waals surface area contributed by atoms with Crippen LogP contribution >= 0.6 is 0 Å². The van der Waals surface area contributed by atoms with E-state index in [0.29, 0.717) is 12.3 Å². The van der Waals surface area contributed by atoms with Crippen molar-refractivity contribution in [2.24, 2.45) is 0 Å². The zero-order valence-corrected chi connectivity index (χ0v) is 10.0. The molecule has 9 heteroatoms. The Hall–Kier alpha value is -2.16. The van der Waals surface area contributed by atoms with Crippen molar-refractivity contribution >= 4 is 12.0 Å². The van der Waals surface area contributed by atoms with Gasteiger partial charge in [0, 0.05) is 25.9 Å². The minimum Gasteiger partial charge on any atom is -0.480 e. The van der Waals surface area contributed by atoms with Crippen molar-refractivity contribution in [2.45, 2.75) is 25.0 Å². The second-order valence-corrected chi connectivity index (χ2v) is 4.21. The lowest BCUT2D eigenvalue weighted by atomic mass is 10.2. The summed E-state index contributed by atoms with van der Waals surface area (Å²) in [4.78, 5) is 27.7. The van der Waals surface area contributed by atoms with Gasteiger partial charge in [-0.2, -0.15) is 4.98 Å². The Morgan fingerprint density at radius 1 is 1.58 bits per heavy atom. The lowest BCUT2D eigenvalue weighted by Crippen LogP contribution is -2.46. The maximum Gasteiger partial charge on any atom is 0.326 e. The summed E-state index contributed by atoms with van der Waals surface area (Å²) in [6.07, 6.45) is 0.864. The van der Waals surface area contributed by atoms with E-state index in [-0.39, 0.29) is 19.5 Å². The summed E-state index contributed by atoms with van der Waals surface area (Å²) in [5.74, 6) is -0.736. The monoisotopic (exact) mass is 270 g/mol. The van der Waals surface area contributed by atoms with E-state index in [0.717, 1.165) is 4.90 Å². The maximum atomic E-state index is 11.8. The number of carboxylic acids is 1. The third kappa shape index (κ3) is 3.19. The number of aliphatic hydroxyl groups excluding tert-OH is 1. The molecular weight excluding hydrogens is 256 g/mol.